The van der Waals surface area contributed by atoms with Gasteiger partial charge in [-0.05, 0) is 44.1 Å². The molecule has 0 spiro atoms. The van der Waals surface area contributed by atoms with Crippen molar-refractivity contribution in [2.24, 2.45) is 11.8 Å². The Morgan fingerprint density at radius 2 is 1.77 bits per heavy atom. The van der Waals surface area contributed by atoms with Crippen molar-refractivity contribution in [3.8, 4) is 0 Å². The van der Waals surface area contributed by atoms with E-state index in [0.29, 0.717) is 0 Å². The summed E-state index contributed by atoms with van der Waals surface area (Å²) in [7, 11) is 0. The molecular weight excluding hydrogens is 178 g/mol. The summed E-state index contributed by atoms with van der Waals surface area (Å²) < 4.78 is 0. The zero-order chi connectivity index (χ0) is 8.67. The SMILES string of the molecule is C1CCC2C(C1)SC1NCCCC12. The topological polar surface area (TPSA) is 12.0 Å². The average molecular weight is 197 g/mol. The summed E-state index contributed by atoms with van der Waals surface area (Å²) in [5, 5.41) is 5.56. The Kier molecular flexibility index (Phi) is 2.30. The van der Waals surface area contributed by atoms with E-state index < -0.39 is 0 Å². The minimum atomic E-state index is 0.835. The van der Waals surface area contributed by atoms with Crippen LogP contribution >= 0.6 is 11.8 Å². The van der Waals surface area contributed by atoms with E-state index in [2.05, 4.69) is 17.1 Å². The van der Waals surface area contributed by atoms with Crippen molar-refractivity contribution >= 4 is 11.8 Å². The highest BCUT2D eigenvalue weighted by Crippen LogP contribution is 2.51. The molecule has 3 aliphatic rings. The molecule has 1 aliphatic carbocycles. The first kappa shape index (κ1) is 8.60. The molecule has 13 heavy (non-hydrogen) atoms. The summed E-state index contributed by atoms with van der Waals surface area (Å²) in [6.07, 6.45) is 8.96. The predicted molar refractivity (Wildman–Crippen MR) is 57.9 cm³/mol. The van der Waals surface area contributed by atoms with E-state index in [0.717, 1.165) is 22.5 Å². The van der Waals surface area contributed by atoms with Crippen LogP contribution in [0.5, 0.6) is 0 Å². The Labute approximate surface area is 85.0 Å². The lowest BCUT2D eigenvalue weighted by atomic mass is 9.77. The maximum Gasteiger partial charge on any atom is 0.0566 e. The molecule has 3 fully saturated rings. The van der Waals surface area contributed by atoms with Gasteiger partial charge in [0.25, 0.3) is 0 Å². The number of thioether (sulfide) groups is 1. The first-order valence-electron chi connectivity index (χ1n) is 5.84. The van der Waals surface area contributed by atoms with Gasteiger partial charge in [-0.15, -0.1) is 11.8 Å². The molecule has 74 valence electrons. The quantitative estimate of drug-likeness (QED) is 0.640. The van der Waals surface area contributed by atoms with Crippen LogP contribution in [-0.2, 0) is 0 Å². The van der Waals surface area contributed by atoms with Crippen LogP contribution < -0.4 is 5.32 Å². The predicted octanol–water partition coefficient (Wildman–Crippen LogP) is 2.62. The fourth-order valence-electron chi connectivity index (χ4n) is 3.45. The summed E-state index contributed by atoms with van der Waals surface area (Å²) in [4.78, 5) is 0. The van der Waals surface area contributed by atoms with E-state index in [1.54, 1.807) is 0 Å². The Balaban J connectivity index is 1.76. The fourth-order valence-corrected chi connectivity index (χ4v) is 5.42. The first-order chi connectivity index (χ1) is 6.45. The molecule has 2 aliphatic heterocycles. The molecule has 2 heterocycles. The van der Waals surface area contributed by atoms with Crippen molar-refractivity contribution < 1.29 is 0 Å². The van der Waals surface area contributed by atoms with Crippen molar-refractivity contribution in [3.05, 3.63) is 0 Å². The van der Waals surface area contributed by atoms with Crippen molar-refractivity contribution in [2.45, 2.75) is 49.1 Å². The van der Waals surface area contributed by atoms with Crippen LogP contribution in [0.2, 0.25) is 0 Å². The van der Waals surface area contributed by atoms with Crippen molar-refractivity contribution in [1.29, 1.82) is 0 Å². The van der Waals surface area contributed by atoms with E-state index in [9.17, 15) is 0 Å². The summed E-state index contributed by atoms with van der Waals surface area (Å²) in [5.41, 5.74) is 0. The highest BCUT2D eigenvalue weighted by Gasteiger charge is 2.44. The van der Waals surface area contributed by atoms with Crippen LogP contribution in [0.3, 0.4) is 0 Å². The Morgan fingerprint density at radius 3 is 2.77 bits per heavy atom. The van der Waals surface area contributed by atoms with Crippen LogP contribution in [0.15, 0.2) is 0 Å². The molecule has 2 saturated heterocycles. The highest BCUT2D eigenvalue weighted by molar-refractivity contribution is 8.00. The first-order valence-corrected chi connectivity index (χ1v) is 6.78. The molecule has 0 bridgehead atoms. The lowest BCUT2D eigenvalue weighted by Crippen LogP contribution is -2.38. The van der Waals surface area contributed by atoms with E-state index >= 15 is 0 Å². The van der Waals surface area contributed by atoms with Crippen LogP contribution in [-0.4, -0.2) is 17.2 Å². The zero-order valence-electron chi connectivity index (χ0n) is 8.17. The second kappa shape index (κ2) is 3.47. The zero-order valence-corrected chi connectivity index (χ0v) is 8.98. The summed E-state index contributed by atoms with van der Waals surface area (Å²) in [6, 6.07) is 0. The summed E-state index contributed by atoms with van der Waals surface area (Å²) in [5.74, 6) is 2.11. The molecular formula is C11H19NS. The third-order valence-corrected chi connectivity index (χ3v) is 5.82. The molecule has 1 N–H and O–H groups in total. The van der Waals surface area contributed by atoms with Gasteiger partial charge in [0, 0.05) is 5.25 Å². The molecule has 1 nitrogen and oxygen atoms in total. The minimum absolute atomic E-state index is 0.835. The van der Waals surface area contributed by atoms with Crippen molar-refractivity contribution in [1.82, 2.24) is 5.32 Å². The van der Waals surface area contributed by atoms with Gasteiger partial charge in [-0.2, -0.15) is 0 Å². The number of piperidine rings is 1. The Morgan fingerprint density at radius 1 is 0.923 bits per heavy atom. The van der Waals surface area contributed by atoms with Gasteiger partial charge in [0.1, 0.15) is 0 Å². The largest absolute Gasteiger partial charge is 0.305 e. The third-order valence-electron chi connectivity index (χ3n) is 4.07. The molecule has 0 amide bonds. The van der Waals surface area contributed by atoms with Gasteiger partial charge in [0.15, 0.2) is 0 Å². The summed E-state index contributed by atoms with van der Waals surface area (Å²) >= 11 is 2.27. The van der Waals surface area contributed by atoms with Crippen LogP contribution in [0.25, 0.3) is 0 Å². The molecule has 0 aromatic rings. The van der Waals surface area contributed by atoms with Crippen LogP contribution in [0, 0.1) is 11.8 Å². The normalized spacial score (nSPS) is 49.8. The maximum absolute atomic E-state index is 3.70. The number of nitrogens with one attached hydrogen (secondary N) is 1. The fraction of sp³-hybridized carbons (Fsp3) is 1.00. The van der Waals surface area contributed by atoms with Gasteiger partial charge in [0.2, 0.25) is 0 Å². The van der Waals surface area contributed by atoms with E-state index in [-0.39, 0.29) is 0 Å². The molecule has 4 unspecified atom stereocenters. The third kappa shape index (κ3) is 1.42. The van der Waals surface area contributed by atoms with Crippen molar-refractivity contribution in [2.75, 3.05) is 6.54 Å². The number of hydrogen-bond donors (Lipinski definition) is 1. The van der Waals surface area contributed by atoms with E-state index in [4.69, 9.17) is 0 Å². The second-order valence-electron chi connectivity index (χ2n) is 4.80. The molecule has 0 radical (unpaired) electrons. The Hall–Kier alpha value is 0.310. The van der Waals surface area contributed by atoms with E-state index in [1.165, 1.54) is 45.1 Å². The van der Waals surface area contributed by atoms with Gasteiger partial charge in [0.05, 0.1) is 5.37 Å². The molecule has 3 rings (SSSR count). The van der Waals surface area contributed by atoms with E-state index in [1.807, 2.05) is 0 Å². The highest BCUT2D eigenvalue weighted by atomic mass is 32.2. The monoisotopic (exact) mass is 197 g/mol. The van der Waals surface area contributed by atoms with Gasteiger partial charge in [-0.25, -0.2) is 0 Å². The molecule has 0 aromatic heterocycles. The minimum Gasteiger partial charge on any atom is -0.305 e. The lowest BCUT2D eigenvalue weighted by Gasteiger charge is -2.31. The van der Waals surface area contributed by atoms with Crippen molar-refractivity contribution in [3.63, 3.8) is 0 Å². The lowest BCUT2D eigenvalue weighted by molar-refractivity contribution is 0.224. The number of rotatable bonds is 0. The van der Waals surface area contributed by atoms with Gasteiger partial charge < -0.3 is 5.32 Å². The smallest absolute Gasteiger partial charge is 0.0566 e. The standard InChI is InChI=1S/C11H19NS/c1-2-6-10-8(4-1)9-5-3-7-12-11(9)13-10/h8-12H,1-7H2. The molecule has 2 heteroatoms. The van der Waals surface area contributed by atoms with Gasteiger partial charge in [-0.1, -0.05) is 12.8 Å². The van der Waals surface area contributed by atoms with Gasteiger partial charge in [-0.3, -0.25) is 0 Å². The Bertz CT molecular complexity index is 175. The number of hydrogen-bond acceptors (Lipinski definition) is 2. The van der Waals surface area contributed by atoms with Crippen LogP contribution in [0.4, 0.5) is 0 Å². The van der Waals surface area contributed by atoms with Gasteiger partial charge >= 0.3 is 0 Å². The maximum atomic E-state index is 3.70. The number of fused-ring (bicyclic) bond motifs is 3. The summed E-state index contributed by atoms with van der Waals surface area (Å²) in [6.45, 7) is 1.27. The second-order valence-corrected chi connectivity index (χ2v) is 6.19. The average Bonchev–Trinajstić information content (AvgIpc) is 2.56. The molecule has 0 aromatic carbocycles. The molecule has 4 atom stereocenters. The van der Waals surface area contributed by atoms with Crippen LogP contribution in [0.1, 0.15) is 38.5 Å². The molecule has 1 saturated carbocycles.